The lowest BCUT2D eigenvalue weighted by Crippen LogP contribution is -2.43. The van der Waals surface area contributed by atoms with Gasteiger partial charge in [-0.2, -0.15) is 0 Å². The normalized spacial score (nSPS) is 16.4. The van der Waals surface area contributed by atoms with Crippen molar-refractivity contribution in [3.8, 4) is 0 Å². The lowest BCUT2D eigenvalue weighted by atomic mass is 10.2. The van der Waals surface area contributed by atoms with Crippen molar-refractivity contribution in [3.05, 3.63) is 54.4 Å². The average molecular weight is 438 g/mol. The van der Waals surface area contributed by atoms with Gasteiger partial charge in [0.1, 0.15) is 6.04 Å². The molecule has 4 aromatic rings. The number of hydrogen-bond acceptors (Lipinski definition) is 6. The van der Waals surface area contributed by atoms with Gasteiger partial charge in [-0.25, -0.2) is 9.97 Å². The van der Waals surface area contributed by atoms with Gasteiger partial charge in [-0.05, 0) is 43.4 Å². The minimum Gasteiger partial charge on any atom is -0.325 e. The minimum absolute atomic E-state index is 0.200. The first-order chi connectivity index (χ1) is 14.7. The van der Waals surface area contributed by atoms with Gasteiger partial charge >= 0.3 is 0 Å². The molecular formula is C21H19N5O2S2. The Balaban J connectivity index is 1.40. The molecule has 1 aliphatic heterocycles. The van der Waals surface area contributed by atoms with E-state index in [-0.39, 0.29) is 11.8 Å². The van der Waals surface area contributed by atoms with Gasteiger partial charge in [0.2, 0.25) is 5.91 Å². The Morgan fingerprint density at radius 1 is 1.17 bits per heavy atom. The molecular weight excluding hydrogens is 418 g/mol. The Kier molecular flexibility index (Phi) is 4.92. The van der Waals surface area contributed by atoms with Crippen molar-refractivity contribution in [2.24, 2.45) is 0 Å². The highest BCUT2D eigenvalue weighted by molar-refractivity contribution is 7.98. The first-order valence-electron chi connectivity index (χ1n) is 9.64. The van der Waals surface area contributed by atoms with Crippen LogP contribution in [0.4, 0.5) is 5.13 Å². The molecule has 4 heterocycles. The van der Waals surface area contributed by atoms with Gasteiger partial charge in [-0.1, -0.05) is 41.3 Å². The van der Waals surface area contributed by atoms with Gasteiger partial charge in [-0.3, -0.25) is 14.0 Å². The van der Waals surface area contributed by atoms with Gasteiger partial charge in [-0.15, -0.1) is 0 Å². The molecule has 0 spiro atoms. The van der Waals surface area contributed by atoms with Crippen LogP contribution in [0.5, 0.6) is 0 Å². The van der Waals surface area contributed by atoms with Crippen LogP contribution in [0.1, 0.15) is 23.3 Å². The number of aromatic nitrogens is 3. The maximum Gasteiger partial charge on any atom is 0.275 e. The quantitative estimate of drug-likeness (QED) is 0.490. The van der Waals surface area contributed by atoms with Gasteiger partial charge in [0.25, 0.3) is 5.91 Å². The van der Waals surface area contributed by atoms with Crippen molar-refractivity contribution >= 4 is 55.8 Å². The number of anilines is 1. The standard InChI is InChI=1S/C21H19N5O2S2/c1-29-21-23-17(14-8-4-5-11-26(14)21)19(28)25-12-6-9-15(25)18(27)24-20-22-13-7-2-3-10-16(13)30-20/h2-5,7-8,10-11,15H,6,9,12H2,1H3,(H,22,24,27). The fraction of sp³-hybridized carbons (Fsp3) is 0.238. The van der Waals surface area contributed by atoms with E-state index in [1.807, 2.05) is 59.3 Å². The molecule has 1 atom stereocenters. The summed E-state index contributed by atoms with van der Waals surface area (Å²) < 4.78 is 2.92. The molecule has 7 nitrogen and oxygen atoms in total. The largest absolute Gasteiger partial charge is 0.325 e. The molecule has 3 aromatic heterocycles. The number of fused-ring (bicyclic) bond motifs is 2. The van der Waals surface area contributed by atoms with Gasteiger partial charge in [0.05, 0.1) is 15.7 Å². The number of carbonyl (C=O) groups excluding carboxylic acids is 2. The van der Waals surface area contributed by atoms with Crippen LogP contribution >= 0.6 is 23.1 Å². The molecule has 1 aliphatic rings. The number of para-hydroxylation sites is 1. The summed E-state index contributed by atoms with van der Waals surface area (Å²) in [5.41, 5.74) is 2.00. The molecule has 0 saturated carbocycles. The second kappa shape index (κ2) is 7.73. The number of benzene rings is 1. The lowest BCUT2D eigenvalue weighted by Gasteiger charge is -2.22. The van der Waals surface area contributed by atoms with E-state index in [9.17, 15) is 9.59 Å². The van der Waals surface area contributed by atoms with Crippen molar-refractivity contribution in [3.63, 3.8) is 0 Å². The molecule has 1 fully saturated rings. The van der Waals surface area contributed by atoms with Gasteiger partial charge < -0.3 is 10.2 Å². The molecule has 30 heavy (non-hydrogen) atoms. The van der Waals surface area contributed by atoms with Crippen LogP contribution in [-0.4, -0.2) is 49.9 Å². The van der Waals surface area contributed by atoms with Crippen LogP contribution in [0.25, 0.3) is 15.7 Å². The van der Waals surface area contributed by atoms with E-state index in [0.29, 0.717) is 23.8 Å². The lowest BCUT2D eigenvalue weighted by molar-refractivity contribution is -0.119. The molecule has 5 rings (SSSR count). The summed E-state index contributed by atoms with van der Waals surface area (Å²) in [7, 11) is 0. The fourth-order valence-electron chi connectivity index (χ4n) is 3.84. The Morgan fingerprint density at radius 3 is 2.83 bits per heavy atom. The van der Waals surface area contributed by atoms with Gasteiger partial charge in [0, 0.05) is 12.7 Å². The maximum atomic E-state index is 13.3. The molecule has 1 N–H and O–H groups in total. The highest BCUT2D eigenvalue weighted by Gasteiger charge is 2.36. The molecule has 0 aliphatic carbocycles. The predicted molar refractivity (Wildman–Crippen MR) is 119 cm³/mol. The average Bonchev–Trinajstić information content (AvgIpc) is 3.49. The highest BCUT2D eigenvalue weighted by Crippen LogP contribution is 2.28. The zero-order valence-corrected chi connectivity index (χ0v) is 17.9. The summed E-state index contributed by atoms with van der Waals surface area (Å²) in [6, 6.07) is 12.9. The Labute approximate surface area is 181 Å². The zero-order valence-electron chi connectivity index (χ0n) is 16.2. The third kappa shape index (κ3) is 3.23. The topological polar surface area (TPSA) is 79.6 Å². The van der Waals surface area contributed by atoms with Crippen molar-refractivity contribution in [1.29, 1.82) is 0 Å². The van der Waals surface area contributed by atoms with Crippen molar-refractivity contribution in [2.75, 3.05) is 18.1 Å². The monoisotopic (exact) mass is 437 g/mol. The van der Waals surface area contributed by atoms with Crippen molar-refractivity contribution in [1.82, 2.24) is 19.3 Å². The summed E-state index contributed by atoms with van der Waals surface area (Å²) in [6.45, 7) is 0.539. The molecule has 0 radical (unpaired) electrons. The predicted octanol–water partition coefficient (Wildman–Crippen LogP) is 3.91. The molecule has 1 unspecified atom stereocenters. The number of amides is 2. The van der Waals surface area contributed by atoms with Crippen LogP contribution < -0.4 is 5.32 Å². The second-order valence-corrected chi connectivity index (χ2v) is 8.84. The number of nitrogens with zero attached hydrogens (tertiary/aromatic N) is 4. The third-order valence-corrected chi connectivity index (χ3v) is 6.85. The number of thioether (sulfide) groups is 1. The van der Waals surface area contributed by atoms with E-state index >= 15 is 0 Å². The molecule has 152 valence electrons. The summed E-state index contributed by atoms with van der Waals surface area (Å²) >= 11 is 2.92. The van der Waals surface area contributed by atoms with Crippen LogP contribution in [0, 0.1) is 0 Å². The fourth-order valence-corrected chi connectivity index (χ4v) is 5.25. The second-order valence-electron chi connectivity index (χ2n) is 7.04. The highest BCUT2D eigenvalue weighted by atomic mass is 32.2. The third-order valence-electron chi connectivity index (χ3n) is 5.24. The van der Waals surface area contributed by atoms with E-state index in [1.54, 1.807) is 4.90 Å². The minimum atomic E-state index is -0.525. The van der Waals surface area contributed by atoms with Crippen LogP contribution in [-0.2, 0) is 4.79 Å². The number of nitrogens with one attached hydrogen (secondary N) is 1. The number of rotatable bonds is 4. The first kappa shape index (κ1) is 19.1. The number of carbonyl (C=O) groups is 2. The Hall–Kier alpha value is -2.91. The van der Waals surface area contributed by atoms with Crippen LogP contribution in [0.3, 0.4) is 0 Å². The van der Waals surface area contributed by atoms with Crippen LogP contribution in [0.2, 0.25) is 0 Å². The molecule has 1 aromatic carbocycles. The molecule has 9 heteroatoms. The Morgan fingerprint density at radius 2 is 2.00 bits per heavy atom. The number of likely N-dealkylation sites (tertiary alicyclic amines) is 1. The van der Waals surface area contributed by atoms with Gasteiger partial charge in [0.15, 0.2) is 16.0 Å². The maximum absolute atomic E-state index is 13.3. The van der Waals surface area contributed by atoms with E-state index in [0.717, 1.165) is 27.3 Å². The van der Waals surface area contributed by atoms with E-state index in [4.69, 9.17) is 0 Å². The van der Waals surface area contributed by atoms with Crippen molar-refractivity contribution in [2.45, 2.75) is 24.0 Å². The first-order valence-corrected chi connectivity index (χ1v) is 11.7. The van der Waals surface area contributed by atoms with E-state index in [2.05, 4.69) is 15.3 Å². The molecule has 2 amide bonds. The Bertz CT molecular complexity index is 1230. The number of imidazole rings is 1. The summed E-state index contributed by atoms with van der Waals surface area (Å²) in [4.78, 5) is 37.0. The number of pyridine rings is 1. The SMILES string of the molecule is CSc1nc(C(=O)N2CCCC2C(=O)Nc2nc3ccccc3s2)c2ccccn12. The van der Waals surface area contributed by atoms with E-state index < -0.39 is 6.04 Å². The summed E-state index contributed by atoms with van der Waals surface area (Å²) in [5.74, 6) is -0.408. The summed E-state index contributed by atoms with van der Waals surface area (Å²) in [6.07, 6.45) is 5.24. The van der Waals surface area contributed by atoms with E-state index in [1.165, 1.54) is 23.1 Å². The number of hydrogen-bond donors (Lipinski definition) is 1. The zero-order chi connectivity index (χ0) is 20.7. The van der Waals surface area contributed by atoms with Crippen LogP contribution in [0.15, 0.2) is 53.8 Å². The van der Waals surface area contributed by atoms with Crippen molar-refractivity contribution < 1.29 is 9.59 Å². The molecule has 0 bridgehead atoms. The summed E-state index contributed by atoms with van der Waals surface area (Å²) in [5, 5.41) is 4.21. The molecule has 1 saturated heterocycles. The smallest absolute Gasteiger partial charge is 0.275 e. The number of thiazole rings is 1.